The molecule has 0 spiro atoms. The Kier molecular flexibility index (Phi) is 4.99. The Morgan fingerprint density at radius 1 is 1.25 bits per heavy atom. The topological polar surface area (TPSA) is 48.4 Å². The van der Waals surface area contributed by atoms with Crippen LogP contribution in [0.4, 0.5) is 11.9 Å². The third-order valence-corrected chi connectivity index (χ3v) is 3.78. The minimum absolute atomic E-state index is 0.256. The average molecular weight is 299 g/mol. The van der Waals surface area contributed by atoms with E-state index in [0.29, 0.717) is 17.9 Å². The minimum Gasteiger partial charge on any atom is -0.347 e. The van der Waals surface area contributed by atoms with Gasteiger partial charge in [0, 0.05) is 33.2 Å². The SMILES string of the molecule is CCC1CN(C)CCCN1c1nc(Cl)nc(N(C)C)n1. The van der Waals surface area contributed by atoms with Crippen LogP contribution in [-0.4, -0.2) is 66.7 Å². The van der Waals surface area contributed by atoms with Gasteiger partial charge in [0.05, 0.1) is 0 Å². The summed E-state index contributed by atoms with van der Waals surface area (Å²) in [5.74, 6) is 1.29. The van der Waals surface area contributed by atoms with Gasteiger partial charge in [0.15, 0.2) is 0 Å². The predicted octanol–water partition coefficient (Wildman–Crippen LogP) is 1.51. The van der Waals surface area contributed by atoms with E-state index in [1.165, 1.54) is 0 Å². The molecule has 0 N–H and O–H groups in total. The van der Waals surface area contributed by atoms with Crippen LogP contribution in [0.25, 0.3) is 0 Å². The van der Waals surface area contributed by atoms with E-state index in [0.717, 1.165) is 32.5 Å². The molecule has 1 aliphatic rings. The number of hydrogen-bond donors (Lipinski definition) is 0. The van der Waals surface area contributed by atoms with Crippen LogP contribution in [0, 0.1) is 0 Å². The lowest BCUT2D eigenvalue weighted by Gasteiger charge is -2.30. The molecule has 1 aromatic rings. The van der Waals surface area contributed by atoms with Crippen LogP contribution in [0.1, 0.15) is 19.8 Å². The molecular formula is C13H23ClN6. The van der Waals surface area contributed by atoms with Gasteiger partial charge in [0.25, 0.3) is 0 Å². The number of halogens is 1. The van der Waals surface area contributed by atoms with Crippen molar-refractivity contribution in [2.75, 3.05) is 50.6 Å². The molecule has 6 nitrogen and oxygen atoms in total. The molecule has 1 fully saturated rings. The number of rotatable bonds is 3. The quantitative estimate of drug-likeness (QED) is 0.843. The Morgan fingerprint density at radius 2 is 2.00 bits per heavy atom. The summed E-state index contributed by atoms with van der Waals surface area (Å²) in [6.45, 7) is 5.28. The van der Waals surface area contributed by atoms with Crippen LogP contribution in [0.2, 0.25) is 5.28 Å². The molecule has 2 rings (SSSR count). The molecule has 0 aromatic carbocycles. The number of hydrogen-bond acceptors (Lipinski definition) is 6. The summed E-state index contributed by atoms with van der Waals surface area (Å²) in [7, 11) is 5.98. The van der Waals surface area contributed by atoms with Gasteiger partial charge >= 0.3 is 0 Å². The van der Waals surface area contributed by atoms with Crippen LogP contribution in [0.5, 0.6) is 0 Å². The van der Waals surface area contributed by atoms with Crippen LogP contribution in [0.3, 0.4) is 0 Å². The molecule has 0 amide bonds. The van der Waals surface area contributed by atoms with Crippen LogP contribution >= 0.6 is 11.6 Å². The number of aromatic nitrogens is 3. The molecule has 1 atom stereocenters. The van der Waals surface area contributed by atoms with Crippen molar-refractivity contribution in [2.24, 2.45) is 0 Å². The van der Waals surface area contributed by atoms with Crippen molar-refractivity contribution in [1.29, 1.82) is 0 Å². The third-order valence-electron chi connectivity index (χ3n) is 3.61. The van der Waals surface area contributed by atoms with Crippen molar-refractivity contribution in [2.45, 2.75) is 25.8 Å². The minimum atomic E-state index is 0.256. The first-order valence-electron chi connectivity index (χ1n) is 7.05. The molecule has 1 aromatic heterocycles. The van der Waals surface area contributed by atoms with Gasteiger partial charge in [-0.15, -0.1) is 0 Å². The van der Waals surface area contributed by atoms with Gasteiger partial charge in [-0.2, -0.15) is 15.0 Å². The second-order valence-corrected chi connectivity index (χ2v) is 5.81. The second kappa shape index (κ2) is 6.54. The third kappa shape index (κ3) is 3.49. The van der Waals surface area contributed by atoms with Crippen molar-refractivity contribution >= 4 is 23.5 Å². The zero-order valence-corrected chi connectivity index (χ0v) is 13.4. The number of nitrogens with zero attached hydrogens (tertiary/aromatic N) is 6. The van der Waals surface area contributed by atoms with E-state index in [1.54, 1.807) is 0 Å². The summed E-state index contributed by atoms with van der Waals surface area (Å²) in [5.41, 5.74) is 0. The van der Waals surface area contributed by atoms with E-state index in [-0.39, 0.29) is 5.28 Å². The molecule has 20 heavy (non-hydrogen) atoms. The summed E-state index contributed by atoms with van der Waals surface area (Å²) in [6.07, 6.45) is 2.17. The van der Waals surface area contributed by atoms with E-state index >= 15 is 0 Å². The van der Waals surface area contributed by atoms with E-state index in [4.69, 9.17) is 11.6 Å². The van der Waals surface area contributed by atoms with Crippen molar-refractivity contribution in [3.05, 3.63) is 5.28 Å². The van der Waals surface area contributed by atoms with Gasteiger partial charge in [0.2, 0.25) is 17.2 Å². The highest BCUT2D eigenvalue weighted by atomic mass is 35.5. The standard InChI is InChI=1S/C13H23ClN6/c1-5-10-9-19(4)7-6-8-20(10)13-16-11(14)15-12(17-13)18(2)3/h10H,5-9H2,1-4H3. The monoisotopic (exact) mass is 298 g/mol. The zero-order valence-electron chi connectivity index (χ0n) is 12.7. The molecular weight excluding hydrogens is 276 g/mol. The fourth-order valence-electron chi connectivity index (χ4n) is 2.51. The Labute approximate surface area is 125 Å². The molecule has 112 valence electrons. The molecule has 0 bridgehead atoms. The highest BCUT2D eigenvalue weighted by Crippen LogP contribution is 2.21. The van der Waals surface area contributed by atoms with Crippen molar-refractivity contribution in [3.8, 4) is 0 Å². The van der Waals surface area contributed by atoms with Gasteiger partial charge < -0.3 is 14.7 Å². The Bertz CT molecular complexity index is 452. The van der Waals surface area contributed by atoms with E-state index in [1.807, 2.05) is 19.0 Å². The lowest BCUT2D eigenvalue weighted by Crippen LogP contribution is -2.41. The molecule has 1 unspecified atom stereocenters. The first-order chi connectivity index (χ1) is 9.51. The molecule has 0 radical (unpaired) electrons. The maximum absolute atomic E-state index is 6.05. The average Bonchev–Trinajstić information content (AvgIpc) is 2.59. The molecule has 1 aliphatic heterocycles. The Balaban J connectivity index is 2.32. The maximum Gasteiger partial charge on any atom is 0.231 e. The first kappa shape index (κ1) is 15.3. The summed E-state index contributed by atoms with van der Waals surface area (Å²) >= 11 is 6.05. The smallest absolute Gasteiger partial charge is 0.231 e. The first-order valence-corrected chi connectivity index (χ1v) is 7.43. The summed E-state index contributed by atoms with van der Waals surface area (Å²) < 4.78 is 0. The Morgan fingerprint density at radius 3 is 2.65 bits per heavy atom. The largest absolute Gasteiger partial charge is 0.347 e. The second-order valence-electron chi connectivity index (χ2n) is 5.47. The van der Waals surface area contributed by atoms with Crippen molar-refractivity contribution < 1.29 is 0 Å². The van der Waals surface area contributed by atoms with Crippen LogP contribution in [-0.2, 0) is 0 Å². The van der Waals surface area contributed by atoms with E-state index in [9.17, 15) is 0 Å². The molecule has 0 saturated carbocycles. The van der Waals surface area contributed by atoms with E-state index in [2.05, 4.69) is 38.7 Å². The highest BCUT2D eigenvalue weighted by molar-refractivity contribution is 6.28. The molecule has 2 heterocycles. The van der Waals surface area contributed by atoms with Crippen molar-refractivity contribution in [1.82, 2.24) is 19.9 Å². The van der Waals surface area contributed by atoms with E-state index < -0.39 is 0 Å². The normalized spacial score (nSPS) is 20.9. The van der Waals surface area contributed by atoms with Gasteiger partial charge in [-0.05, 0) is 38.0 Å². The number of likely N-dealkylation sites (N-methyl/N-ethyl adjacent to an activating group) is 1. The summed E-state index contributed by atoms with van der Waals surface area (Å²) in [4.78, 5) is 19.5. The fraction of sp³-hybridized carbons (Fsp3) is 0.769. The molecule has 0 aliphatic carbocycles. The van der Waals surface area contributed by atoms with Gasteiger partial charge in [-0.3, -0.25) is 0 Å². The summed E-state index contributed by atoms with van der Waals surface area (Å²) in [6, 6.07) is 0.413. The van der Waals surface area contributed by atoms with Gasteiger partial charge in [0.1, 0.15) is 0 Å². The lowest BCUT2D eigenvalue weighted by atomic mass is 10.2. The predicted molar refractivity (Wildman–Crippen MR) is 82.7 cm³/mol. The zero-order chi connectivity index (χ0) is 14.7. The van der Waals surface area contributed by atoms with Gasteiger partial charge in [-0.1, -0.05) is 6.92 Å². The van der Waals surface area contributed by atoms with Gasteiger partial charge in [-0.25, -0.2) is 0 Å². The molecule has 1 saturated heterocycles. The number of anilines is 2. The fourth-order valence-corrected chi connectivity index (χ4v) is 2.67. The summed E-state index contributed by atoms with van der Waals surface area (Å²) in [5, 5.41) is 0.256. The van der Waals surface area contributed by atoms with Crippen LogP contribution < -0.4 is 9.80 Å². The highest BCUT2D eigenvalue weighted by Gasteiger charge is 2.25. The van der Waals surface area contributed by atoms with Crippen LogP contribution in [0.15, 0.2) is 0 Å². The molecule has 7 heteroatoms. The van der Waals surface area contributed by atoms with Crippen molar-refractivity contribution in [3.63, 3.8) is 0 Å². The maximum atomic E-state index is 6.05. The Hall–Kier alpha value is -1.14. The lowest BCUT2D eigenvalue weighted by molar-refractivity contribution is 0.327.